The van der Waals surface area contributed by atoms with Gasteiger partial charge in [-0.2, -0.15) is 0 Å². The molecule has 0 aliphatic rings. The molecule has 0 bridgehead atoms. The van der Waals surface area contributed by atoms with Crippen LogP contribution in [0.25, 0.3) is 0 Å². The number of carbonyl (C=O) groups excluding carboxylic acids is 1. The Kier molecular flexibility index (Phi) is 4.52. The molecule has 0 aliphatic carbocycles. The van der Waals surface area contributed by atoms with Gasteiger partial charge in [-0.25, -0.2) is 0 Å². The molecular weight excluding hydrogens is 216 g/mol. The zero-order valence-corrected chi connectivity index (χ0v) is 10.8. The van der Waals surface area contributed by atoms with Crippen molar-refractivity contribution in [2.24, 2.45) is 0 Å². The summed E-state index contributed by atoms with van der Waals surface area (Å²) in [7, 11) is 3.45. The van der Waals surface area contributed by atoms with Crippen LogP contribution in [0.4, 0.5) is 0 Å². The molecule has 2 N–H and O–H groups in total. The summed E-state index contributed by atoms with van der Waals surface area (Å²) in [6.45, 7) is 4.15. The summed E-state index contributed by atoms with van der Waals surface area (Å²) < 4.78 is 0. The Labute approximate surface area is 102 Å². The Morgan fingerprint density at radius 1 is 1.47 bits per heavy atom. The number of hydrogen-bond donors (Lipinski definition) is 2. The fraction of sp³-hybridized carbons (Fsp3) is 0.462. The lowest BCUT2D eigenvalue weighted by molar-refractivity contribution is -0.130. The predicted molar refractivity (Wildman–Crippen MR) is 67.8 cm³/mol. The highest BCUT2D eigenvalue weighted by Gasteiger charge is 2.14. The van der Waals surface area contributed by atoms with Crippen molar-refractivity contribution in [3.63, 3.8) is 0 Å². The van der Waals surface area contributed by atoms with Crippen LogP contribution in [-0.2, 0) is 11.3 Å². The highest BCUT2D eigenvalue weighted by atomic mass is 16.3. The van der Waals surface area contributed by atoms with E-state index >= 15 is 0 Å². The minimum atomic E-state index is -0.259. The number of amides is 1. The third-order valence-corrected chi connectivity index (χ3v) is 2.73. The predicted octanol–water partition coefficient (Wildman–Crippen LogP) is 1.27. The van der Waals surface area contributed by atoms with Gasteiger partial charge >= 0.3 is 0 Å². The highest BCUT2D eigenvalue weighted by Crippen LogP contribution is 2.21. The van der Waals surface area contributed by atoms with Crippen molar-refractivity contribution >= 4 is 5.91 Å². The first-order valence-corrected chi connectivity index (χ1v) is 5.65. The van der Waals surface area contributed by atoms with Gasteiger partial charge in [0.15, 0.2) is 0 Å². The van der Waals surface area contributed by atoms with E-state index in [2.05, 4.69) is 5.32 Å². The van der Waals surface area contributed by atoms with Crippen LogP contribution in [0, 0.1) is 6.92 Å². The Morgan fingerprint density at radius 2 is 2.12 bits per heavy atom. The Hall–Kier alpha value is -1.55. The van der Waals surface area contributed by atoms with Crippen LogP contribution in [0.15, 0.2) is 18.2 Å². The number of nitrogens with zero attached hydrogens (tertiary/aromatic N) is 1. The number of likely N-dealkylation sites (N-methyl/N-ethyl adjacent to an activating group) is 1. The topological polar surface area (TPSA) is 52.6 Å². The van der Waals surface area contributed by atoms with Gasteiger partial charge in [-0.3, -0.25) is 4.79 Å². The molecule has 1 aromatic rings. The Bertz CT molecular complexity index is 402. The van der Waals surface area contributed by atoms with Crippen molar-refractivity contribution in [2.75, 3.05) is 14.1 Å². The number of aromatic hydroxyl groups is 1. The summed E-state index contributed by atoms with van der Waals surface area (Å²) in [5.41, 5.74) is 1.65. The quantitative estimate of drug-likeness (QED) is 0.827. The smallest absolute Gasteiger partial charge is 0.238 e. The van der Waals surface area contributed by atoms with Crippen LogP contribution in [0.3, 0.4) is 0 Å². The number of nitrogens with one attached hydrogen (secondary N) is 1. The molecule has 0 aromatic heterocycles. The van der Waals surface area contributed by atoms with Gasteiger partial charge in [0.05, 0.1) is 6.04 Å². The molecule has 0 spiro atoms. The number of benzene rings is 1. The third-order valence-electron chi connectivity index (χ3n) is 2.73. The summed E-state index contributed by atoms with van der Waals surface area (Å²) in [6.07, 6.45) is 0. The zero-order valence-electron chi connectivity index (χ0n) is 10.8. The van der Waals surface area contributed by atoms with Crippen molar-refractivity contribution in [2.45, 2.75) is 26.4 Å². The Morgan fingerprint density at radius 3 is 2.71 bits per heavy atom. The van der Waals surface area contributed by atoms with Crippen LogP contribution >= 0.6 is 0 Å². The first-order valence-electron chi connectivity index (χ1n) is 5.65. The first-order chi connectivity index (χ1) is 7.93. The van der Waals surface area contributed by atoms with Crippen LogP contribution in [0.1, 0.15) is 18.1 Å². The van der Waals surface area contributed by atoms with Gasteiger partial charge in [0, 0.05) is 26.2 Å². The average Bonchev–Trinajstić information content (AvgIpc) is 2.29. The van der Waals surface area contributed by atoms with Crippen molar-refractivity contribution < 1.29 is 9.90 Å². The standard InChI is InChI=1S/C13H20N2O2/c1-9-6-5-7-11(12(9)16)8-14-10(2)13(17)15(3)4/h5-7,10,14,16H,8H2,1-4H3. The number of phenols is 1. The van der Waals surface area contributed by atoms with E-state index in [0.717, 1.165) is 11.1 Å². The maximum Gasteiger partial charge on any atom is 0.238 e. The number of hydrogen-bond acceptors (Lipinski definition) is 3. The second-order valence-corrected chi connectivity index (χ2v) is 4.42. The molecule has 0 heterocycles. The Balaban J connectivity index is 2.62. The molecule has 1 unspecified atom stereocenters. The number of para-hydroxylation sites is 1. The summed E-state index contributed by atoms with van der Waals surface area (Å²) in [5.74, 6) is 0.321. The van der Waals surface area contributed by atoms with Crippen molar-refractivity contribution in [3.05, 3.63) is 29.3 Å². The number of aryl methyl sites for hydroxylation is 1. The highest BCUT2D eigenvalue weighted by molar-refractivity contribution is 5.80. The molecule has 1 rings (SSSR count). The average molecular weight is 236 g/mol. The van der Waals surface area contributed by atoms with Gasteiger partial charge in [-0.15, -0.1) is 0 Å². The van der Waals surface area contributed by atoms with Crippen molar-refractivity contribution in [1.82, 2.24) is 10.2 Å². The van der Waals surface area contributed by atoms with E-state index < -0.39 is 0 Å². The molecule has 4 heteroatoms. The summed E-state index contributed by atoms with van der Waals surface area (Å²) in [4.78, 5) is 13.2. The second-order valence-electron chi connectivity index (χ2n) is 4.42. The lowest BCUT2D eigenvalue weighted by Gasteiger charge is -2.18. The van der Waals surface area contributed by atoms with Gasteiger partial charge in [-0.1, -0.05) is 18.2 Å². The van der Waals surface area contributed by atoms with Gasteiger partial charge in [0.2, 0.25) is 5.91 Å². The number of carbonyl (C=O) groups is 1. The van der Waals surface area contributed by atoms with E-state index in [-0.39, 0.29) is 11.9 Å². The monoisotopic (exact) mass is 236 g/mol. The van der Waals surface area contributed by atoms with Crippen LogP contribution in [0.2, 0.25) is 0 Å². The van der Waals surface area contributed by atoms with Gasteiger partial charge in [0.1, 0.15) is 5.75 Å². The molecule has 1 amide bonds. The van der Waals surface area contributed by atoms with Gasteiger partial charge in [-0.05, 0) is 19.4 Å². The second kappa shape index (κ2) is 5.68. The molecule has 1 atom stereocenters. The largest absolute Gasteiger partial charge is 0.507 e. The molecule has 0 fully saturated rings. The van der Waals surface area contributed by atoms with Gasteiger partial charge < -0.3 is 15.3 Å². The lowest BCUT2D eigenvalue weighted by atomic mass is 10.1. The third kappa shape index (κ3) is 3.46. The molecule has 0 saturated heterocycles. The van der Waals surface area contributed by atoms with Crippen LogP contribution in [-0.4, -0.2) is 36.1 Å². The molecule has 4 nitrogen and oxygen atoms in total. The molecule has 17 heavy (non-hydrogen) atoms. The summed E-state index contributed by atoms with van der Waals surface area (Å²) in [6, 6.07) is 5.34. The molecule has 1 aromatic carbocycles. The van der Waals surface area contributed by atoms with E-state index in [0.29, 0.717) is 12.3 Å². The SMILES string of the molecule is Cc1cccc(CNC(C)C(=O)N(C)C)c1O. The maximum absolute atomic E-state index is 11.6. The normalized spacial score (nSPS) is 12.2. The van der Waals surface area contributed by atoms with Crippen molar-refractivity contribution in [3.8, 4) is 5.75 Å². The lowest BCUT2D eigenvalue weighted by Crippen LogP contribution is -2.41. The molecular formula is C13H20N2O2. The van der Waals surface area contributed by atoms with Gasteiger partial charge in [0.25, 0.3) is 0 Å². The maximum atomic E-state index is 11.6. The van der Waals surface area contributed by atoms with E-state index in [4.69, 9.17) is 0 Å². The van der Waals surface area contributed by atoms with E-state index in [9.17, 15) is 9.90 Å². The summed E-state index contributed by atoms with van der Waals surface area (Å²) in [5, 5.41) is 12.9. The fourth-order valence-corrected chi connectivity index (χ4v) is 1.60. The van der Waals surface area contributed by atoms with Crippen LogP contribution < -0.4 is 5.32 Å². The molecule has 94 valence electrons. The zero-order chi connectivity index (χ0) is 13.0. The fourth-order valence-electron chi connectivity index (χ4n) is 1.60. The van der Waals surface area contributed by atoms with E-state index in [1.807, 2.05) is 32.0 Å². The first kappa shape index (κ1) is 13.5. The number of rotatable bonds is 4. The molecule has 0 radical (unpaired) electrons. The minimum absolute atomic E-state index is 0.0251. The number of phenolic OH excluding ortho intramolecular Hbond substituents is 1. The molecule has 0 saturated carbocycles. The van der Waals surface area contributed by atoms with Crippen molar-refractivity contribution in [1.29, 1.82) is 0 Å². The summed E-state index contributed by atoms with van der Waals surface area (Å²) >= 11 is 0. The molecule has 0 aliphatic heterocycles. The van der Waals surface area contributed by atoms with E-state index in [1.54, 1.807) is 19.0 Å². The van der Waals surface area contributed by atoms with Crippen LogP contribution in [0.5, 0.6) is 5.75 Å². The van der Waals surface area contributed by atoms with E-state index in [1.165, 1.54) is 0 Å². The minimum Gasteiger partial charge on any atom is -0.507 e.